The van der Waals surface area contributed by atoms with Gasteiger partial charge >= 0.3 is 5.69 Å². The summed E-state index contributed by atoms with van der Waals surface area (Å²) in [5, 5.41) is 15.4. The van der Waals surface area contributed by atoms with Gasteiger partial charge in [0.25, 0.3) is 0 Å². The maximum absolute atomic E-state index is 11.5. The fraction of sp³-hybridized carbons (Fsp3) is 0.750. The van der Waals surface area contributed by atoms with Gasteiger partial charge in [0.1, 0.15) is 5.69 Å². The summed E-state index contributed by atoms with van der Waals surface area (Å²) in [7, 11) is -3.17. The van der Waals surface area contributed by atoms with Gasteiger partial charge in [-0.1, -0.05) is 31.4 Å². The molecule has 1 aliphatic rings. The Labute approximate surface area is 128 Å². The first-order chi connectivity index (χ1) is 9.85. The molecule has 2 rings (SSSR count). The van der Waals surface area contributed by atoms with Crippen molar-refractivity contribution in [2.24, 2.45) is 0 Å². The summed E-state index contributed by atoms with van der Waals surface area (Å²) < 4.78 is 24.3. The van der Waals surface area contributed by atoms with Crippen molar-refractivity contribution >= 4 is 27.1 Å². The number of aromatic nitrogens is 2. The molecule has 0 amide bonds. The monoisotopic (exact) mass is 335 g/mol. The molecule has 0 saturated heterocycles. The molecule has 0 spiro atoms. The third-order valence-electron chi connectivity index (χ3n) is 3.87. The van der Waals surface area contributed by atoms with Crippen molar-refractivity contribution in [3.63, 3.8) is 0 Å². The van der Waals surface area contributed by atoms with Crippen LogP contribution in [0.5, 0.6) is 0 Å². The van der Waals surface area contributed by atoms with E-state index in [1.165, 1.54) is 4.68 Å². The number of hydrogen-bond donors (Lipinski definition) is 0. The van der Waals surface area contributed by atoms with E-state index in [9.17, 15) is 18.5 Å². The summed E-state index contributed by atoms with van der Waals surface area (Å²) in [6.45, 7) is 1.61. The summed E-state index contributed by atoms with van der Waals surface area (Å²) >= 11 is 6.04. The molecule has 1 saturated carbocycles. The molecule has 1 aromatic heterocycles. The highest BCUT2D eigenvalue weighted by Gasteiger charge is 2.33. The van der Waals surface area contributed by atoms with E-state index >= 15 is 0 Å². The zero-order valence-electron chi connectivity index (χ0n) is 11.8. The lowest BCUT2D eigenvalue weighted by atomic mass is 10.0. The van der Waals surface area contributed by atoms with Crippen molar-refractivity contribution in [1.82, 2.24) is 9.78 Å². The van der Waals surface area contributed by atoms with Gasteiger partial charge in [0.2, 0.25) is 5.15 Å². The molecule has 0 radical (unpaired) electrons. The third kappa shape index (κ3) is 3.55. The van der Waals surface area contributed by atoms with Gasteiger partial charge < -0.3 is 0 Å². The van der Waals surface area contributed by atoms with Crippen LogP contribution in [-0.4, -0.2) is 34.6 Å². The normalized spacial score (nSPS) is 16.5. The highest BCUT2D eigenvalue weighted by Crippen LogP contribution is 2.40. The van der Waals surface area contributed by atoms with Crippen molar-refractivity contribution in [2.75, 3.05) is 11.5 Å². The fourth-order valence-corrected chi connectivity index (χ4v) is 3.64. The van der Waals surface area contributed by atoms with Gasteiger partial charge in [-0.15, -0.1) is 0 Å². The van der Waals surface area contributed by atoms with Crippen LogP contribution >= 0.6 is 11.6 Å². The molecule has 21 heavy (non-hydrogen) atoms. The number of nitrogens with zero attached hydrogens (tertiary/aromatic N) is 3. The average molecular weight is 336 g/mol. The zero-order valence-corrected chi connectivity index (χ0v) is 13.4. The molecule has 0 unspecified atom stereocenters. The molecule has 0 aromatic carbocycles. The Balaban J connectivity index is 2.30. The molecule has 1 aliphatic carbocycles. The Morgan fingerprint density at radius 3 is 2.57 bits per heavy atom. The SMILES string of the molecule is CCS(=O)(=O)CCn1nc(C2CCCC2)c([N+](=O)[O-])c1Cl. The van der Waals surface area contributed by atoms with Gasteiger partial charge in [0.15, 0.2) is 9.84 Å². The fourth-order valence-electron chi connectivity index (χ4n) is 2.61. The smallest absolute Gasteiger partial charge is 0.258 e. The van der Waals surface area contributed by atoms with Crippen LogP contribution in [0.4, 0.5) is 5.69 Å². The van der Waals surface area contributed by atoms with Gasteiger partial charge in [0.05, 0.1) is 17.2 Å². The van der Waals surface area contributed by atoms with E-state index in [0.717, 1.165) is 25.7 Å². The molecule has 0 N–H and O–H groups in total. The van der Waals surface area contributed by atoms with E-state index in [1.807, 2.05) is 0 Å². The Hall–Kier alpha value is -1.15. The number of nitro groups is 1. The first-order valence-electron chi connectivity index (χ1n) is 6.96. The van der Waals surface area contributed by atoms with E-state index in [-0.39, 0.29) is 34.8 Å². The average Bonchev–Trinajstić information content (AvgIpc) is 3.04. The third-order valence-corrected chi connectivity index (χ3v) is 5.93. The minimum Gasteiger partial charge on any atom is -0.258 e. The van der Waals surface area contributed by atoms with Crippen molar-refractivity contribution in [1.29, 1.82) is 0 Å². The van der Waals surface area contributed by atoms with Crippen LogP contribution < -0.4 is 0 Å². The summed E-state index contributed by atoms with van der Waals surface area (Å²) in [5.74, 6) is -0.0396. The lowest BCUT2D eigenvalue weighted by molar-refractivity contribution is -0.385. The van der Waals surface area contributed by atoms with E-state index in [1.54, 1.807) is 6.92 Å². The number of aryl methyl sites for hydroxylation is 1. The lowest BCUT2D eigenvalue weighted by Gasteiger charge is -2.04. The number of sulfone groups is 1. The standard InChI is InChI=1S/C12H18ClN3O4S/c1-2-21(19,20)8-7-15-12(13)11(16(17)18)10(14-15)9-5-3-4-6-9/h9H,2-8H2,1H3. The molecule has 0 bridgehead atoms. The summed E-state index contributed by atoms with van der Waals surface area (Å²) in [4.78, 5) is 10.7. The Morgan fingerprint density at radius 2 is 2.05 bits per heavy atom. The van der Waals surface area contributed by atoms with E-state index in [2.05, 4.69) is 5.10 Å². The van der Waals surface area contributed by atoms with Crippen LogP contribution in [0.3, 0.4) is 0 Å². The van der Waals surface area contributed by atoms with Gasteiger partial charge in [-0.05, 0) is 12.8 Å². The molecule has 0 aliphatic heterocycles. The summed E-state index contributed by atoms with van der Waals surface area (Å²) in [6.07, 6.45) is 3.77. The second-order valence-corrected chi connectivity index (χ2v) is 8.05. The molecular formula is C12H18ClN3O4S. The topological polar surface area (TPSA) is 95.1 Å². The van der Waals surface area contributed by atoms with Crippen LogP contribution in [0, 0.1) is 10.1 Å². The first-order valence-corrected chi connectivity index (χ1v) is 9.16. The largest absolute Gasteiger partial charge is 0.329 e. The van der Waals surface area contributed by atoms with Crippen LogP contribution in [0.2, 0.25) is 5.15 Å². The quantitative estimate of drug-likeness (QED) is 0.588. The van der Waals surface area contributed by atoms with Crippen molar-refractivity contribution in [3.05, 3.63) is 21.0 Å². The van der Waals surface area contributed by atoms with Crippen molar-refractivity contribution < 1.29 is 13.3 Å². The van der Waals surface area contributed by atoms with Crippen molar-refractivity contribution in [3.8, 4) is 0 Å². The predicted molar refractivity (Wildman–Crippen MR) is 79.4 cm³/mol. The molecule has 1 aromatic rings. The van der Waals surface area contributed by atoms with Gasteiger partial charge in [-0.25, -0.2) is 13.1 Å². The first kappa shape index (κ1) is 16.2. The van der Waals surface area contributed by atoms with Gasteiger partial charge in [-0.3, -0.25) is 10.1 Å². The van der Waals surface area contributed by atoms with Crippen LogP contribution in [0.15, 0.2) is 0 Å². The molecule has 118 valence electrons. The maximum Gasteiger partial charge on any atom is 0.329 e. The number of halogens is 1. The summed E-state index contributed by atoms with van der Waals surface area (Å²) in [6, 6.07) is 0. The molecule has 9 heteroatoms. The second kappa shape index (κ2) is 6.31. The van der Waals surface area contributed by atoms with Gasteiger partial charge in [-0.2, -0.15) is 5.10 Å². The molecule has 7 nitrogen and oxygen atoms in total. The summed E-state index contributed by atoms with van der Waals surface area (Å²) in [5.41, 5.74) is 0.230. The minimum atomic E-state index is -3.17. The second-order valence-electron chi connectivity index (χ2n) is 5.22. The minimum absolute atomic E-state index is 0.0312. The molecule has 1 fully saturated rings. The lowest BCUT2D eigenvalue weighted by Crippen LogP contribution is -2.15. The maximum atomic E-state index is 11.5. The highest BCUT2D eigenvalue weighted by molar-refractivity contribution is 7.91. The van der Waals surface area contributed by atoms with Crippen LogP contribution in [0.1, 0.15) is 44.2 Å². The Kier molecular flexibility index (Phi) is 4.88. The highest BCUT2D eigenvalue weighted by atomic mass is 35.5. The Morgan fingerprint density at radius 1 is 1.43 bits per heavy atom. The van der Waals surface area contributed by atoms with Crippen LogP contribution in [-0.2, 0) is 16.4 Å². The van der Waals surface area contributed by atoms with E-state index < -0.39 is 14.8 Å². The number of hydrogen-bond acceptors (Lipinski definition) is 5. The zero-order chi connectivity index (χ0) is 15.6. The van der Waals surface area contributed by atoms with Crippen molar-refractivity contribution in [2.45, 2.75) is 45.1 Å². The van der Waals surface area contributed by atoms with Gasteiger partial charge in [0, 0.05) is 11.7 Å². The van der Waals surface area contributed by atoms with E-state index in [4.69, 9.17) is 11.6 Å². The van der Waals surface area contributed by atoms with Crippen LogP contribution in [0.25, 0.3) is 0 Å². The molecule has 1 heterocycles. The molecular weight excluding hydrogens is 318 g/mol. The van der Waals surface area contributed by atoms with E-state index in [0.29, 0.717) is 5.69 Å². The predicted octanol–water partition coefficient (Wildman–Crippen LogP) is 2.54. The molecule has 0 atom stereocenters. The Bertz CT molecular complexity index is 635. The number of rotatable bonds is 6.